The summed E-state index contributed by atoms with van der Waals surface area (Å²) in [5, 5.41) is 3.00. The summed E-state index contributed by atoms with van der Waals surface area (Å²) in [7, 11) is -1.29. The van der Waals surface area contributed by atoms with Gasteiger partial charge in [-0.1, -0.05) is 29.3 Å². The molecule has 0 saturated carbocycles. The van der Waals surface area contributed by atoms with E-state index >= 15 is 0 Å². The summed E-state index contributed by atoms with van der Waals surface area (Å²) in [6.07, 6.45) is 0. The molecule has 1 N–H and O–H groups in total. The van der Waals surface area contributed by atoms with Gasteiger partial charge in [0, 0.05) is 33.9 Å². The first kappa shape index (κ1) is 25.8. The lowest BCUT2D eigenvalue weighted by atomic mass is 10.2. The molecule has 0 aliphatic heterocycles. The number of sulfonamides is 1. The zero-order valence-electron chi connectivity index (χ0n) is 18.2. The minimum absolute atomic E-state index is 0.0385. The van der Waals surface area contributed by atoms with Crippen LogP contribution < -0.4 is 14.8 Å². The van der Waals surface area contributed by atoms with E-state index in [2.05, 4.69) is 5.32 Å². The van der Waals surface area contributed by atoms with Gasteiger partial charge in [0.15, 0.2) is 11.5 Å². The number of carbonyl (C=O) groups is 1. The molecule has 7 nitrogen and oxygen atoms in total. The number of hydrogen-bond acceptors (Lipinski definition) is 5. The van der Waals surface area contributed by atoms with Crippen molar-refractivity contribution in [2.75, 3.05) is 26.1 Å². The van der Waals surface area contributed by atoms with Gasteiger partial charge in [-0.3, -0.25) is 4.79 Å². The average molecular weight is 527 g/mol. The van der Waals surface area contributed by atoms with Crippen LogP contribution in [0.3, 0.4) is 0 Å². The number of carbonyl (C=O) groups excluding carboxylic acids is 1. The van der Waals surface area contributed by atoms with Gasteiger partial charge in [-0.15, -0.1) is 0 Å². The average Bonchev–Trinajstić information content (AvgIpc) is 2.80. The summed E-state index contributed by atoms with van der Waals surface area (Å²) in [4.78, 5) is 12.7. The molecule has 0 saturated heterocycles. The Balaban J connectivity index is 1.92. The van der Waals surface area contributed by atoms with Crippen molar-refractivity contribution in [1.29, 1.82) is 0 Å². The molecule has 11 heteroatoms. The van der Waals surface area contributed by atoms with Crippen molar-refractivity contribution in [3.05, 3.63) is 82.1 Å². The van der Waals surface area contributed by atoms with Gasteiger partial charge in [-0.05, 0) is 48.5 Å². The Labute approximate surface area is 207 Å². The Morgan fingerprint density at radius 1 is 1.00 bits per heavy atom. The number of anilines is 1. The molecule has 0 atom stereocenters. The van der Waals surface area contributed by atoms with E-state index in [4.69, 9.17) is 32.7 Å². The number of ether oxygens (including phenoxy) is 2. The molecule has 0 aliphatic carbocycles. The van der Waals surface area contributed by atoms with Crippen LogP contribution in [0.2, 0.25) is 10.0 Å². The number of halogens is 3. The van der Waals surface area contributed by atoms with Crippen LogP contribution in [-0.2, 0) is 21.4 Å². The van der Waals surface area contributed by atoms with Gasteiger partial charge in [0.25, 0.3) is 0 Å². The van der Waals surface area contributed by atoms with E-state index < -0.39 is 34.8 Å². The van der Waals surface area contributed by atoms with Crippen LogP contribution in [0.25, 0.3) is 0 Å². The third-order valence-electron chi connectivity index (χ3n) is 4.83. The second-order valence-electron chi connectivity index (χ2n) is 7.05. The molecule has 0 bridgehead atoms. The van der Waals surface area contributed by atoms with E-state index in [0.29, 0.717) is 22.2 Å². The second-order valence-corrected chi connectivity index (χ2v) is 9.83. The van der Waals surface area contributed by atoms with Crippen molar-refractivity contribution >= 4 is 44.8 Å². The molecular weight excluding hydrogens is 506 g/mol. The molecule has 0 spiro atoms. The number of benzene rings is 3. The maximum atomic E-state index is 14.4. The Bertz CT molecular complexity index is 1270. The molecule has 3 aromatic rings. The third-order valence-corrected chi connectivity index (χ3v) is 7.25. The molecule has 180 valence electrons. The third kappa shape index (κ3) is 5.98. The molecule has 0 unspecified atom stereocenters. The van der Waals surface area contributed by atoms with Gasteiger partial charge in [0.1, 0.15) is 5.82 Å². The lowest BCUT2D eigenvalue weighted by Gasteiger charge is -2.23. The van der Waals surface area contributed by atoms with Crippen LogP contribution in [0.4, 0.5) is 10.1 Å². The number of nitrogens with one attached hydrogen (secondary N) is 1. The van der Waals surface area contributed by atoms with E-state index in [0.717, 1.165) is 10.4 Å². The molecule has 0 aromatic heterocycles. The highest BCUT2D eigenvalue weighted by Gasteiger charge is 2.28. The van der Waals surface area contributed by atoms with Gasteiger partial charge < -0.3 is 14.8 Å². The van der Waals surface area contributed by atoms with Gasteiger partial charge >= 0.3 is 0 Å². The van der Waals surface area contributed by atoms with Gasteiger partial charge in [-0.25, -0.2) is 12.8 Å². The highest BCUT2D eigenvalue weighted by atomic mass is 35.5. The van der Waals surface area contributed by atoms with Crippen molar-refractivity contribution in [2.24, 2.45) is 0 Å². The molecular formula is C23H21Cl2FN2O5S. The van der Waals surface area contributed by atoms with E-state index in [9.17, 15) is 17.6 Å². The number of methoxy groups -OCH3 is 2. The smallest absolute Gasteiger partial charge is 0.243 e. The van der Waals surface area contributed by atoms with Crippen molar-refractivity contribution in [3.63, 3.8) is 0 Å². The van der Waals surface area contributed by atoms with Crippen LogP contribution in [0, 0.1) is 5.82 Å². The van der Waals surface area contributed by atoms with Gasteiger partial charge in [0.05, 0.1) is 25.7 Å². The lowest BCUT2D eigenvalue weighted by Crippen LogP contribution is -2.37. The Morgan fingerprint density at radius 2 is 1.68 bits per heavy atom. The minimum Gasteiger partial charge on any atom is -0.493 e. The van der Waals surface area contributed by atoms with E-state index in [-0.39, 0.29) is 15.5 Å². The number of rotatable bonds is 9. The Morgan fingerprint density at radius 3 is 2.29 bits per heavy atom. The van der Waals surface area contributed by atoms with Crippen molar-refractivity contribution in [1.82, 2.24) is 4.31 Å². The molecule has 0 heterocycles. The SMILES string of the molecule is COc1ccc(NC(=O)CN(Cc2c(F)cccc2Cl)S(=O)(=O)c2ccc(Cl)cc2)cc1OC. The standard InChI is InChI=1S/C23H21Cl2FN2O5S/c1-32-21-11-8-16(12-22(21)33-2)27-23(29)14-28(13-18-19(25)4-3-5-20(18)26)34(30,31)17-9-6-15(24)7-10-17/h3-12H,13-14H2,1-2H3,(H,27,29). The molecule has 34 heavy (non-hydrogen) atoms. The van der Waals surface area contributed by atoms with Crippen molar-refractivity contribution in [3.8, 4) is 11.5 Å². The maximum Gasteiger partial charge on any atom is 0.243 e. The number of amides is 1. The largest absolute Gasteiger partial charge is 0.493 e. The molecule has 3 aromatic carbocycles. The summed E-state index contributed by atoms with van der Waals surface area (Å²) in [5.74, 6) is -0.507. The summed E-state index contributed by atoms with van der Waals surface area (Å²) in [6.45, 7) is -1.07. The predicted molar refractivity (Wildman–Crippen MR) is 129 cm³/mol. The van der Waals surface area contributed by atoms with Crippen LogP contribution >= 0.6 is 23.2 Å². The zero-order valence-corrected chi connectivity index (χ0v) is 20.5. The fourth-order valence-corrected chi connectivity index (χ4v) is 4.83. The van der Waals surface area contributed by atoms with Crippen LogP contribution in [0.15, 0.2) is 65.6 Å². The summed E-state index contributed by atoms with van der Waals surface area (Å²) in [5.41, 5.74) is 0.302. The molecule has 0 radical (unpaired) electrons. The minimum atomic E-state index is -4.22. The van der Waals surface area contributed by atoms with Crippen LogP contribution in [0.5, 0.6) is 11.5 Å². The van der Waals surface area contributed by atoms with E-state index in [1.165, 1.54) is 56.7 Å². The fourth-order valence-electron chi connectivity index (χ4n) is 3.12. The zero-order chi connectivity index (χ0) is 24.9. The first-order chi connectivity index (χ1) is 16.1. The fraction of sp³-hybridized carbons (Fsp3) is 0.174. The summed E-state index contributed by atoms with van der Waals surface area (Å²) >= 11 is 12.0. The summed E-state index contributed by atoms with van der Waals surface area (Å²) in [6, 6.07) is 14.1. The van der Waals surface area contributed by atoms with E-state index in [1.807, 2.05) is 0 Å². The first-order valence-corrected chi connectivity index (χ1v) is 12.1. The lowest BCUT2D eigenvalue weighted by molar-refractivity contribution is -0.116. The molecule has 3 rings (SSSR count). The van der Waals surface area contributed by atoms with Crippen molar-refractivity contribution < 1.29 is 27.1 Å². The molecule has 0 fully saturated rings. The summed E-state index contributed by atoms with van der Waals surface area (Å²) < 4.78 is 52.4. The quantitative estimate of drug-likeness (QED) is 0.425. The highest BCUT2D eigenvalue weighted by Crippen LogP contribution is 2.30. The number of nitrogens with zero attached hydrogens (tertiary/aromatic N) is 1. The van der Waals surface area contributed by atoms with Crippen LogP contribution in [0.1, 0.15) is 5.56 Å². The Kier molecular flexibility index (Phi) is 8.37. The monoisotopic (exact) mass is 526 g/mol. The highest BCUT2D eigenvalue weighted by molar-refractivity contribution is 7.89. The predicted octanol–water partition coefficient (Wildman–Crippen LogP) is 4.98. The Hall–Kier alpha value is -2.85. The normalized spacial score (nSPS) is 11.4. The first-order valence-electron chi connectivity index (χ1n) is 9.86. The second kappa shape index (κ2) is 11.1. The van der Waals surface area contributed by atoms with Gasteiger partial charge in [-0.2, -0.15) is 4.31 Å². The van der Waals surface area contributed by atoms with E-state index in [1.54, 1.807) is 12.1 Å². The number of hydrogen-bond donors (Lipinski definition) is 1. The molecule has 0 aliphatic rings. The van der Waals surface area contributed by atoms with Crippen molar-refractivity contribution in [2.45, 2.75) is 11.4 Å². The maximum absolute atomic E-state index is 14.4. The topological polar surface area (TPSA) is 84.9 Å². The molecule has 1 amide bonds. The van der Waals surface area contributed by atoms with Crippen LogP contribution in [-0.4, -0.2) is 39.4 Å². The van der Waals surface area contributed by atoms with Gasteiger partial charge in [0.2, 0.25) is 15.9 Å².